The molecule has 1 aliphatic heterocycles. The van der Waals surface area contributed by atoms with Crippen LogP contribution in [0, 0.1) is 36.7 Å². The third-order valence-electron chi connectivity index (χ3n) is 9.62. The molecule has 3 aromatic heterocycles. The Morgan fingerprint density at radius 3 is 2.55 bits per heavy atom. The number of carbonyl (C=O) groups is 2. The molecule has 2 saturated carbocycles. The fourth-order valence-electron chi connectivity index (χ4n) is 6.74. The number of fused-ring (bicyclic) bond motifs is 1. The van der Waals surface area contributed by atoms with Crippen LogP contribution in [0.4, 0.5) is 18.9 Å². The van der Waals surface area contributed by atoms with Crippen LogP contribution < -0.4 is 15.4 Å². The van der Waals surface area contributed by atoms with E-state index in [9.17, 15) is 27.8 Å². The standard InChI is InChI=1S/C33H34F3N6O6P/c1-16-26(17(2)42(40-16)8-9-49(3,45)46)29-24(36)10-19(13-37-29)38-32(44)30(39-31(43)21-14-48-41-28(21)18-4-5-18)27-20-11-22(34)23(35)12-25(20)47-15-33(27)6-7-33/h10-14,18,27,30H,4-9,15H2,1-3H3,(H,38,44)(H,39,43)(H,45,46)/t27?,30-/m0/s1. The lowest BCUT2D eigenvalue weighted by atomic mass is 9.75. The van der Waals surface area contributed by atoms with Gasteiger partial charge in [0.1, 0.15) is 29.3 Å². The second-order valence-electron chi connectivity index (χ2n) is 13.4. The largest absolute Gasteiger partial charge is 0.493 e. The highest BCUT2D eigenvalue weighted by molar-refractivity contribution is 7.57. The van der Waals surface area contributed by atoms with E-state index in [0.29, 0.717) is 35.5 Å². The Morgan fingerprint density at radius 1 is 1.14 bits per heavy atom. The predicted molar refractivity (Wildman–Crippen MR) is 170 cm³/mol. The SMILES string of the molecule is Cc1nn(CCP(C)(=O)O)c(C)c1-c1ncc(NC(=O)[C@@H](NC(=O)c2conc2C2CC2)C2c3cc(F)c(F)cc3OCC23CC3)cc1F. The number of hydrogen-bond donors (Lipinski definition) is 3. The summed E-state index contributed by atoms with van der Waals surface area (Å²) >= 11 is 0. The van der Waals surface area contributed by atoms with E-state index in [1.165, 1.54) is 23.8 Å². The quantitative estimate of drug-likeness (QED) is 0.183. The highest BCUT2D eigenvalue weighted by Gasteiger charge is 2.58. The van der Waals surface area contributed by atoms with Gasteiger partial charge in [-0.25, -0.2) is 13.2 Å². The zero-order valence-corrected chi connectivity index (χ0v) is 27.8. The number of aromatic nitrogens is 4. The smallest absolute Gasteiger partial charge is 0.257 e. The van der Waals surface area contributed by atoms with Crippen molar-refractivity contribution in [3.63, 3.8) is 0 Å². The van der Waals surface area contributed by atoms with Crippen molar-refractivity contribution in [3.8, 4) is 17.0 Å². The molecule has 0 radical (unpaired) electrons. The molecule has 3 atom stereocenters. The molecule has 7 rings (SSSR count). The highest BCUT2D eigenvalue weighted by Crippen LogP contribution is 2.61. The van der Waals surface area contributed by atoms with Gasteiger partial charge in [0.25, 0.3) is 5.91 Å². The van der Waals surface area contributed by atoms with Gasteiger partial charge < -0.3 is 24.8 Å². The van der Waals surface area contributed by atoms with Gasteiger partial charge in [0.2, 0.25) is 5.91 Å². The molecule has 4 aromatic rings. The van der Waals surface area contributed by atoms with Crippen LogP contribution >= 0.6 is 7.37 Å². The second kappa shape index (κ2) is 12.1. The van der Waals surface area contributed by atoms with E-state index >= 15 is 4.39 Å². The van der Waals surface area contributed by atoms with Crippen molar-refractivity contribution in [2.75, 3.05) is 24.8 Å². The first-order valence-electron chi connectivity index (χ1n) is 15.9. The maximum Gasteiger partial charge on any atom is 0.257 e. The van der Waals surface area contributed by atoms with Gasteiger partial charge in [-0.15, -0.1) is 0 Å². The first-order chi connectivity index (χ1) is 23.2. The number of rotatable bonds is 10. The number of ether oxygens (including phenoxy) is 1. The summed E-state index contributed by atoms with van der Waals surface area (Å²) in [5.41, 5.74) is 1.64. The molecule has 258 valence electrons. The summed E-state index contributed by atoms with van der Waals surface area (Å²) in [4.78, 5) is 41.9. The minimum absolute atomic E-state index is 0.00749. The number of anilines is 1. The van der Waals surface area contributed by atoms with E-state index in [4.69, 9.17) is 9.26 Å². The lowest BCUT2D eigenvalue weighted by molar-refractivity contribution is -0.119. The third kappa shape index (κ3) is 6.37. The van der Waals surface area contributed by atoms with Gasteiger partial charge in [-0.3, -0.25) is 23.8 Å². The van der Waals surface area contributed by atoms with Gasteiger partial charge in [-0.1, -0.05) is 5.16 Å². The Kier molecular flexibility index (Phi) is 8.18. The molecule has 16 heteroatoms. The molecule has 1 aromatic carbocycles. The summed E-state index contributed by atoms with van der Waals surface area (Å²) in [7, 11) is -3.30. The van der Waals surface area contributed by atoms with Crippen LogP contribution in [0.25, 0.3) is 11.3 Å². The summed E-state index contributed by atoms with van der Waals surface area (Å²) in [6, 6.07) is 1.70. The maximum atomic E-state index is 15.7. The van der Waals surface area contributed by atoms with Crippen molar-refractivity contribution in [3.05, 3.63) is 76.3 Å². The van der Waals surface area contributed by atoms with Gasteiger partial charge in [0.05, 0.1) is 36.4 Å². The number of carbonyl (C=O) groups excluding carboxylic acids is 2. The molecule has 2 aliphatic carbocycles. The number of hydrogen-bond acceptors (Lipinski definition) is 8. The normalized spacial score (nSPS) is 19.4. The molecule has 12 nitrogen and oxygen atoms in total. The minimum Gasteiger partial charge on any atom is -0.493 e. The zero-order valence-electron chi connectivity index (χ0n) is 26.9. The molecule has 4 heterocycles. The maximum absolute atomic E-state index is 15.7. The average molecular weight is 699 g/mol. The fraction of sp³-hybridized carbons (Fsp3) is 0.424. The predicted octanol–water partition coefficient (Wildman–Crippen LogP) is 5.44. The van der Waals surface area contributed by atoms with Gasteiger partial charge >= 0.3 is 0 Å². The number of nitrogens with one attached hydrogen (secondary N) is 2. The molecule has 49 heavy (non-hydrogen) atoms. The number of amides is 2. The molecule has 2 fully saturated rings. The first kappa shape index (κ1) is 33.0. The van der Waals surface area contributed by atoms with Crippen molar-refractivity contribution in [1.29, 1.82) is 0 Å². The Hall–Kier alpha value is -4.49. The lowest BCUT2D eigenvalue weighted by Crippen LogP contribution is -2.52. The molecule has 1 spiro atoms. The van der Waals surface area contributed by atoms with Crippen LogP contribution in [-0.2, 0) is 15.9 Å². The van der Waals surface area contributed by atoms with Crippen molar-refractivity contribution >= 4 is 24.9 Å². The third-order valence-corrected chi connectivity index (χ3v) is 10.6. The number of benzene rings is 1. The van der Waals surface area contributed by atoms with E-state index < -0.39 is 54.0 Å². The number of pyridine rings is 1. The highest BCUT2D eigenvalue weighted by atomic mass is 31.2. The zero-order chi connectivity index (χ0) is 34.8. The van der Waals surface area contributed by atoms with Crippen molar-refractivity contribution in [2.45, 2.75) is 64.0 Å². The van der Waals surface area contributed by atoms with Crippen LogP contribution in [0.15, 0.2) is 35.2 Å². The molecule has 2 amide bonds. The fourth-order valence-corrected chi connectivity index (χ4v) is 7.30. The first-order valence-corrected chi connectivity index (χ1v) is 18.2. The van der Waals surface area contributed by atoms with Crippen LogP contribution in [0.1, 0.15) is 70.5 Å². The number of halogens is 3. The molecule has 0 bridgehead atoms. The number of aryl methyl sites for hydroxylation is 2. The van der Waals surface area contributed by atoms with Crippen LogP contribution in [0.5, 0.6) is 5.75 Å². The summed E-state index contributed by atoms with van der Waals surface area (Å²) in [5, 5.41) is 13.9. The summed E-state index contributed by atoms with van der Waals surface area (Å²) in [6.45, 7) is 4.92. The molecular formula is C33H34F3N6O6P. The Bertz CT molecular complexity index is 2030. The minimum atomic E-state index is -3.30. The van der Waals surface area contributed by atoms with Crippen molar-refractivity contribution in [1.82, 2.24) is 25.2 Å². The van der Waals surface area contributed by atoms with E-state index in [0.717, 1.165) is 31.0 Å². The second-order valence-corrected chi connectivity index (χ2v) is 15.9. The van der Waals surface area contributed by atoms with E-state index in [1.807, 2.05) is 0 Å². The van der Waals surface area contributed by atoms with Crippen molar-refractivity contribution in [2.24, 2.45) is 5.41 Å². The summed E-state index contributed by atoms with van der Waals surface area (Å²) in [6.07, 6.45) is 5.39. The summed E-state index contributed by atoms with van der Waals surface area (Å²) in [5.74, 6) is -5.03. The Balaban J connectivity index is 1.21. The van der Waals surface area contributed by atoms with Crippen LogP contribution in [-0.4, -0.2) is 62.1 Å². The lowest BCUT2D eigenvalue weighted by Gasteiger charge is -2.38. The van der Waals surface area contributed by atoms with Crippen molar-refractivity contribution < 1.29 is 41.5 Å². The molecular weight excluding hydrogens is 664 g/mol. The van der Waals surface area contributed by atoms with Crippen LogP contribution in [0.2, 0.25) is 0 Å². The van der Waals surface area contributed by atoms with Gasteiger partial charge in [0, 0.05) is 59.0 Å². The molecule has 3 N–H and O–H groups in total. The Morgan fingerprint density at radius 2 is 1.88 bits per heavy atom. The van der Waals surface area contributed by atoms with E-state index in [1.54, 1.807) is 13.8 Å². The van der Waals surface area contributed by atoms with E-state index in [2.05, 4.69) is 25.9 Å². The summed E-state index contributed by atoms with van der Waals surface area (Å²) < 4.78 is 68.9. The molecule has 0 saturated heterocycles. The van der Waals surface area contributed by atoms with Crippen LogP contribution in [0.3, 0.4) is 0 Å². The molecule has 3 aliphatic rings. The van der Waals surface area contributed by atoms with Gasteiger partial charge in [-0.05, 0) is 45.6 Å². The average Bonchev–Trinajstić information content (AvgIpc) is 3.96. The van der Waals surface area contributed by atoms with Gasteiger partial charge in [-0.2, -0.15) is 5.10 Å². The van der Waals surface area contributed by atoms with E-state index in [-0.39, 0.29) is 53.5 Å². The topological polar surface area (TPSA) is 161 Å². The monoisotopic (exact) mass is 698 g/mol. The molecule has 2 unspecified atom stereocenters. The number of nitrogens with zero attached hydrogens (tertiary/aromatic N) is 4. The Labute approximate surface area is 278 Å². The van der Waals surface area contributed by atoms with Gasteiger partial charge in [0.15, 0.2) is 24.8 Å².